The lowest BCUT2D eigenvalue weighted by atomic mass is 10.1. The maximum absolute atomic E-state index is 12.5. The topological polar surface area (TPSA) is 105 Å². The molecule has 0 bridgehead atoms. The van der Waals surface area contributed by atoms with Crippen LogP contribution in [-0.4, -0.2) is 53.3 Å². The van der Waals surface area contributed by atoms with Crippen LogP contribution in [-0.2, 0) is 19.6 Å². The van der Waals surface area contributed by atoms with E-state index in [-0.39, 0.29) is 24.8 Å². The lowest BCUT2D eigenvalue weighted by Crippen LogP contribution is -2.32. The van der Waals surface area contributed by atoms with E-state index in [1.807, 2.05) is 26.0 Å². The molecule has 32 heavy (non-hydrogen) atoms. The number of anilines is 2. The maximum Gasteiger partial charge on any atom is 0.253 e. The van der Waals surface area contributed by atoms with E-state index in [4.69, 9.17) is 4.74 Å². The molecule has 0 aliphatic carbocycles. The highest BCUT2D eigenvalue weighted by Crippen LogP contribution is 2.25. The first-order chi connectivity index (χ1) is 15.1. The summed E-state index contributed by atoms with van der Waals surface area (Å²) in [6, 6.07) is 12.2. The second kappa shape index (κ2) is 11.6. The summed E-state index contributed by atoms with van der Waals surface area (Å²) in [6.07, 6.45) is 1.60. The number of sulfonamides is 1. The Balaban J connectivity index is 2.02. The summed E-state index contributed by atoms with van der Waals surface area (Å²) in [5, 5.41) is 5.48. The summed E-state index contributed by atoms with van der Waals surface area (Å²) < 4.78 is 31.0. The van der Waals surface area contributed by atoms with Crippen molar-refractivity contribution in [3.63, 3.8) is 0 Å². The molecule has 0 atom stereocenters. The zero-order valence-electron chi connectivity index (χ0n) is 19.0. The van der Waals surface area contributed by atoms with E-state index in [0.717, 1.165) is 17.4 Å². The number of amides is 2. The minimum atomic E-state index is -3.50. The van der Waals surface area contributed by atoms with Crippen molar-refractivity contribution in [1.29, 1.82) is 0 Å². The minimum Gasteiger partial charge on any atom is -0.383 e. The normalized spacial score (nSPS) is 11.1. The lowest BCUT2D eigenvalue weighted by molar-refractivity contribution is -0.116. The number of hydrogen-bond donors (Lipinski definition) is 2. The van der Waals surface area contributed by atoms with Crippen LogP contribution in [0.15, 0.2) is 42.5 Å². The zero-order chi connectivity index (χ0) is 23.7. The number of carbonyl (C=O) groups is 2. The van der Waals surface area contributed by atoms with E-state index >= 15 is 0 Å². The molecule has 2 amide bonds. The largest absolute Gasteiger partial charge is 0.383 e. The Morgan fingerprint density at radius 2 is 1.78 bits per heavy atom. The van der Waals surface area contributed by atoms with Gasteiger partial charge in [0.1, 0.15) is 0 Å². The Bertz CT molecular complexity index is 1050. The molecular formula is C23H31N3O5S. The van der Waals surface area contributed by atoms with Gasteiger partial charge in [-0.05, 0) is 49.6 Å². The van der Waals surface area contributed by atoms with Crippen molar-refractivity contribution in [2.75, 3.05) is 42.7 Å². The highest BCUT2D eigenvalue weighted by Gasteiger charge is 2.20. The van der Waals surface area contributed by atoms with Gasteiger partial charge in [0.05, 0.1) is 29.8 Å². The molecule has 2 N–H and O–H groups in total. The van der Waals surface area contributed by atoms with E-state index < -0.39 is 10.0 Å². The number of rotatable bonds is 11. The van der Waals surface area contributed by atoms with Crippen molar-refractivity contribution < 1.29 is 22.7 Å². The number of para-hydroxylation sites is 1. The molecule has 0 aliphatic rings. The molecule has 0 heterocycles. The molecule has 8 nitrogen and oxygen atoms in total. The van der Waals surface area contributed by atoms with Crippen LogP contribution in [0.1, 0.15) is 34.3 Å². The van der Waals surface area contributed by atoms with Crippen LogP contribution < -0.4 is 14.9 Å². The van der Waals surface area contributed by atoms with Gasteiger partial charge in [0.25, 0.3) is 5.91 Å². The van der Waals surface area contributed by atoms with Gasteiger partial charge in [0, 0.05) is 26.6 Å². The Hall–Kier alpha value is -2.91. The first-order valence-corrected chi connectivity index (χ1v) is 12.2. The van der Waals surface area contributed by atoms with Gasteiger partial charge in [-0.1, -0.05) is 24.3 Å². The fourth-order valence-electron chi connectivity index (χ4n) is 3.22. The maximum atomic E-state index is 12.5. The monoisotopic (exact) mass is 461 g/mol. The average Bonchev–Trinajstić information content (AvgIpc) is 2.73. The first kappa shape index (κ1) is 25.4. The molecule has 0 unspecified atom stereocenters. The van der Waals surface area contributed by atoms with Crippen LogP contribution in [0.2, 0.25) is 0 Å². The first-order valence-electron chi connectivity index (χ1n) is 10.3. The van der Waals surface area contributed by atoms with Gasteiger partial charge in [0.15, 0.2) is 0 Å². The number of aryl methyl sites for hydroxylation is 1. The van der Waals surface area contributed by atoms with E-state index in [1.54, 1.807) is 37.4 Å². The molecule has 0 radical (unpaired) electrons. The number of carbonyl (C=O) groups excluding carboxylic acids is 2. The second-order valence-corrected chi connectivity index (χ2v) is 9.41. The second-order valence-electron chi connectivity index (χ2n) is 7.50. The molecule has 2 aromatic carbocycles. The van der Waals surface area contributed by atoms with Gasteiger partial charge in [-0.3, -0.25) is 13.9 Å². The molecule has 9 heteroatoms. The molecule has 0 aliphatic heterocycles. The number of nitrogens with one attached hydrogen (secondary N) is 2. The summed E-state index contributed by atoms with van der Waals surface area (Å²) in [6.45, 7) is 4.73. The van der Waals surface area contributed by atoms with Crippen molar-refractivity contribution in [3.8, 4) is 0 Å². The van der Waals surface area contributed by atoms with Crippen molar-refractivity contribution in [2.45, 2.75) is 26.7 Å². The highest BCUT2D eigenvalue weighted by atomic mass is 32.2. The Morgan fingerprint density at radius 3 is 2.47 bits per heavy atom. The van der Waals surface area contributed by atoms with Gasteiger partial charge < -0.3 is 15.4 Å². The van der Waals surface area contributed by atoms with Crippen molar-refractivity contribution in [1.82, 2.24) is 5.32 Å². The van der Waals surface area contributed by atoms with Crippen LogP contribution in [0, 0.1) is 13.8 Å². The van der Waals surface area contributed by atoms with Gasteiger partial charge in [-0.25, -0.2) is 8.42 Å². The molecule has 174 valence electrons. The predicted molar refractivity (Wildman–Crippen MR) is 127 cm³/mol. The van der Waals surface area contributed by atoms with Crippen LogP contribution in [0.4, 0.5) is 11.4 Å². The third kappa shape index (κ3) is 7.06. The number of benzene rings is 2. The molecule has 0 saturated heterocycles. The minimum absolute atomic E-state index is 0.108. The zero-order valence-corrected chi connectivity index (χ0v) is 19.8. The van der Waals surface area contributed by atoms with Crippen LogP contribution in [0.3, 0.4) is 0 Å². The Morgan fingerprint density at radius 1 is 1.06 bits per heavy atom. The van der Waals surface area contributed by atoms with Crippen LogP contribution in [0.25, 0.3) is 0 Å². The lowest BCUT2D eigenvalue weighted by Gasteiger charge is -2.25. The molecule has 0 spiro atoms. The number of hydrogen-bond acceptors (Lipinski definition) is 5. The summed E-state index contributed by atoms with van der Waals surface area (Å²) in [5.74, 6) is -0.604. The van der Waals surface area contributed by atoms with Gasteiger partial charge in [-0.2, -0.15) is 0 Å². The summed E-state index contributed by atoms with van der Waals surface area (Å²) in [7, 11) is -1.96. The quantitative estimate of drug-likeness (QED) is 0.501. The van der Waals surface area contributed by atoms with Crippen molar-refractivity contribution >= 4 is 33.2 Å². The fraction of sp³-hybridized carbons (Fsp3) is 0.391. The third-order valence-corrected chi connectivity index (χ3v) is 6.23. The summed E-state index contributed by atoms with van der Waals surface area (Å²) in [5.41, 5.74) is 3.25. The molecule has 0 fully saturated rings. The van der Waals surface area contributed by atoms with E-state index in [1.165, 1.54) is 4.31 Å². The highest BCUT2D eigenvalue weighted by molar-refractivity contribution is 7.92. The summed E-state index contributed by atoms with van der Waals surface area (Å²) in [4.78, 5) is 24.9. The van der Waals surface area contributed by atoms with Crippen molar-refractivity contribution in [3.05, 3.63) is 59.2 Å². The van der Waals surface area contributed by atoms with Gasteiger partial charge in [-0.15, -0.1) is 0 Å². The fourth-order valence-corrected chi connectivity index (χ4v) is 4.23. The molecular weight excluding hydrogens is 430 g/mol. The van der Waals surface area contributed by atoms with Gasteiger partial charge >= 0.3 is 0 Å². The smallest absolute Gasteiger partial charge is 0.253 e. The van der Waals surface area contributed by atoms with Crippen LogP contribution >= 0.6 is 0 Å². The number of ether oxygens (including phenoxy) is 1. The van der Waals surface area contributed by atoms with E-state index in [2.05, 4.69) is 10.6 Å². The Kier molecular flexibility index (Phi) is 9.22. The SMILES string of the molecule is COCCNC(=O)c1ccccc1NC(=O)CCCN(c1cccc(C)c1C)S(C)(=O)=O. The Labute approximate surface area is 190 Å². The average molecular weight is 462 g/mol. The third-order valence-electron chi connectivity index (χ3n) is 5.05. The standard InChI is InChI=1S/C23H31N3O5S/c1-17-9-7-12-21(18(17)2)26(32(4,29)30)15-8-13-22(27)25-20-11-6-5-10-19(20)23(28)24-14-16-31-3/h5-7,9-12H,8,13-16H2,1-4H3,(H,24,28)(H,25,27). The number of methoxy groups -OCH3 is 1. The molecule has 0 aromatic heterocycles. The molecule has 0 saturated carbocycles. The van der Waals surface area contributed by atoms with Gasteiger partial charge in [0.2, 0.25) is 15.9 Å². The molecule has 2 aromatic rings. The number of nitrogens with zero attached hydrogens (tertiary/aromatic N) is 1. The predicted octanol–water partition coefficient (Wildman–Crippen LogP) is 2.86. The van der Waals surface area contributed by atoms with Crippen molar-refractivity contribution in [2.24, 2.45) is 0 Å². The van der Waals surface area contributed by atoms with E-state index in [0.29, 0.717) is 36.5 Å². The summed E-state index contributed by atoms with van der Waals surface area (Å²) >= 11 is 0. The van der Waals surface area contributed by atoms with E-state index in [9.17, 15) is 18.0 Å². The molecule has 2 rings (SSSR count). The van der Waals surface area contributed by atoms with Crippen LogP contribution in [0.5, 0.6) is 0 Å².